The maximum absolute atomic E-state index is 11.4. The highest BCUT2D eigenvalue weighted by molar-refractivity contribution is 7.70. The lowest BCUT2D eigenvalue weighted by molar-refractivity contribution is 0.390. The van der Waals surface area contributed by atoms with E-state index in [-0.39, 0.29) is 17.9 Å². The Balaban J connectivity index is 2.24. The molecule has 1 aliphatic carbocycles. The lowest BCUT2D eigenvalue weighted by atomic mass is 10.2. The summed E-state index contributed by atoms with van der Waals surface area (Å²) in [6.07, 6.45) is 7.38. The van der Waals surface area contributed by atoms with Gasteiger partial charge in [0.2, 0.25) is 0 Å². The summed E-state index contributed by atoms with van der Waals surface area (Å²) in [5.41, 5.74) is 0.764. The molecular weight excluding hydrogens is 249 g/mol. The molecular formula is C13H14NO3P. The Morgan fingerprint density at radius 3 is 2.33 bits per heavy atom. The van der Waals surface area contributed by atoms with Crippen LogP contribution in [0.1, 0.15) is 5.56 Å². The highest BCUT2D eigenvalue weighted by atomic mass is 31.2. The SMILES string of the molecule is O=P(O)(O)C(Cc1ccccc1)=NC1C=CC=C1. The Labute approximate surface area is 106 Å². The lowest BCUT2D eigenvalue weighted by Crippen LogP contribution is -2.08. The molecule has 0 aliphatic heterocycles. The minimum atomic E-state index is -4.31. The molecule has 1 aromatic rings. The maximum atomic E-state index is 11.4. The molecule has 4 nitrogen and oxygen atoms in total. The van der Waals surface area contributed by atoms with Crippen molar-refractivity contribution in [2.75, 3.05) is 0 Å². The van der Waals surface area contributed by atoms with Crippen LogP contribution in [0.3, 0.4) is 0 Å². The highest BCUT2D eigenvalue weighted by Crippen LogP contribution is 2.38. The van der Waals surface area contributed by atoms with Crippen LogP contribution in [-0.2, 0) is 11.0 Å². The number of aliphatic imine (C=N–C) groups is 1. The van der Waals surface area contributed by atoms with Crippen molar-refractivity contribution in [3.05, 3.63) is 60.2 Å². The molecule has 2 N–H and O–H groups in total. The standard InChI is InChI=1S/C13H14NO3P/c15-18(16,17)13(14-12-8-4-5-9-12)10-11-6-2-1-3-7-11/h1-9,12H,10H2,(H2,15,16,17). The Hall–Kier alpha value is -1.48. The normalized spacial score (nSPS) is 16.4. The van der Waals surface area contributed by atoms with Gasteiger partial charge >= 0.3 is 7.60 Å². The van der Waals surface area contributed by atoms with Crippen molar-refractivity contribution in [1.82, 2.24) is 0 Å². The molecule has 18 heavy (non-hydrogen) atoms. The average Bonchev–Trinajstić information content (AvgIpc) is 2.81. The van der Waals surface area contributed by atoms with Crippen LogP contribution in [0.15, 0.2) is 59.6 Å². The van der Waals surface area contributed by atoms with Crippen LogP contribution in [0.4, 0.5) is 0 Å². The summed E-state index contributed by atoms with van der Waals surface area (Å²) in [7, 11) is -4.31. The second-order valence-electron chi connectivity index (χ2n) is 4.01. The first kappa shape index (κ1) is 13.0. The van der Waals surface area contributed by atoms with E-state index in [0.717, 1.165) is 5.56 Å². The fourth-order valence-corrected chi connectivity index (χ4v) is 2.35. The Kier molecular flexibility index (Phi) is 3.92. The Morgan fingerprint density at radius 2 is 1.78 bits per heavy atom. The molecule has 0 radical (unpaired) electrons. The van der Waals surface area contributed by atoms with E-state index in [0.29, 0.717) is 0 Å². The van der Waals surface area contributed by atoms with Gasteiger partial charge < -0.3 is 9.79 Å². The molecule has 1 aliphatic rings. The molecule has 2 rings (SSSR count). The van der Waals surface area contributed by atoms with E-state index >= 15 is 0 Å². The third kappa shape index (κ3) is 3.50. The van der Waals surface area contributed by atoms with Crippen molar-refractivity contribution in [3.63, 3.8) is 0 Å². The van der Waals surface area contributed by atoms with Gasteiger partial charge in [-0.1, -0.05) is 54.6 Å². The van der Waals surface area contributed by atoms with Crippen LogP contribution in [0.2, 0.25) is 0 Å². The highest BCUT2D eigenvalue weighted by Gasteiger charge is 2.24. The van der Waals surface area contributed by atoms with Crippen molar-refractivity contribution in [1.29, 1.82) is 0 Å². The first-order valence-electron chi connectivity index (χ1n) is 5.57. The molecule has 0 amide bonds. The van der Waals surface area contributed by atoms with Gasteiger partial charge in [0.1, 0.15) is 5.45 Å². The van der Waals surface area contributed by atoms with Gasteiger partial charge in [-0.25, -0.2) is 0 Å². The van der Waals surface area contributed by atoms with Crippen molar-refractivity contribution in [3.8, 4) is 0 Å². The van der Waals surface area contributed by atoms with Crippen molar-refractivity contribution in [2.45, 2.75) is 12.5 Å². The smallest absolute Gasteiger partial charge is 0.320 e. The zero-order chi connectivity index (χ0) is 13.0. The van der Waals surface area contributed by atoms with Crippen molar-refractivity contribution in [2.24, 2.45) is 4.99 Å². The van der Waals surface area contributed by atoms with Crippen LogP contribution < -0.4 is 0 Å². The molecule has 0 fully saturated rings. The van der Waals surface area contributed by atoms with E-state index in [2.05, 4.69) is 4.99 Å². The second-order valence-corrected chi connectivity index (χ2v) is 5.62. The van der Waals surface area contributed by atoms with Gasteiger partial charge in [-0.3, -0.25) is 9.56 Å². The minimum absolute atomic E-state index is 0.0742. The molecule has 5 heteroatoms. The molecule has 0 bridgehead atoms. The fourth-order valence-electron chi connectivity index (χ4n) is 1.68. The van der Waals surface area contributed by atoms with Crippen LogP contribution in [0, 0.1) is 0 Å². The molecule has 0 saturated heterocycles. The van der Waals surface area contributed by atoms with E-state index in [4.69, 9.17) is 0 Å². The lowest BCUT2D eigenvalue weighted by Gasteiger charge is -2.10. The van der Waals surface area contributed by atoms with Crippen LogP contribution in [-0.4, -0.2) is 21.3 Å². The van der Waals surface area contributed by atoms with Gasteiger partial charge in [0.05, 0.1) is 6.04 Å². The van der Waals surface area contributed by atoms with Gasteiger partial charge in [-0.2, -0.15) is 0 Å². The monoisotopic (exact) mass is 263 g/mol. The average molecular weight is 263 g/mol. The summed E-state index contributed by atoms with van der Waals surface area (Å²) >= 11 is 0. The number of rotatable bonds is 4. The Bertz CT molecular complexity index is 531. The van der Waals surface area contributed by atoms with Crippen LogP contribution >= 0.6 is 7.60 Å². The molecule has 1 aromatic carbocycles. The van der Waals surface area contributed by atoms with Gasteiger partial charge in [0.15, 0.2) is 0 Å². The number of nitrogens with zero attached hydrogens (tertiary/aromatic N) is 1. The van der Waals surface area contributed by atoms with Gasteiger partial charge in [0, 0.05) is 6.42 Å². The van der Waals surface area contributed by atoms with E-state index in [9.17, 15) is 14.4 Å². The largest absolute Gasteiger partial charge is 0.370 e. The summed E-state index contributed by atoms with van der Waals surface area (Å²) < 4.78 is 11.4. The van der Waals surface area contributed by atoms with E-state index in [1.54, 1.807) is 12.2 Å². The van der Waals surface area contributed by atoms with Gasteiger partial charge in [-0.15, -0.1) is 0 Å². The minimum Gasteiger partial charge on any atom is -0.320 e. The topological polar surface area (TPSA) is 69.9 Å². The van der Waals surface area contributed by atoms with E-state index in [1.165, 1.54) is 0 Å². The molecule has 0 aromatic heterocycles. The van der Waals surface area contributed by atoms with E-state index in [1.807, 2.05) is 42.5 Å². The summed E-state index contributed by atoms with van der Waals surface area (Å²) in [6.45, 7) is 0. The van der Waals surface area contributed by atoms with Crippen LogP contribution in [0.5, 0.6) is 0 Å². The third-order valence-electron chi connectivity index (χ3n) is 2.57. The molecule has 94 valence electrons. The summed E-state index contributed by atoms with van der Waals surface area (Å²) in [4.78, 5) is 22.8. The van der Waals surface area contributed by atoms with Crippen LogP contribution in [0.25, 0.3) is 0 Å². The molecule has 0 heterocycles. The molecule has 0 spiro atoms. The number of benzene rings is 1. The Morgan fingerprint density at radius 1 is 1.17 bits per heavy atom. The predicted octanol–water partition coefficient (Wildman–Crippen LogP) is 2.30. The zero-order valence-electron chi connectivity index (χ0n) is 9.68. The summed E-state index contributed by atoms with van der Waals surface area (Å²) in [6, 6.07) is 8.91. The first-order chi connectivity index (χ1) is 8.55. The maximum Gasteiger partial charge on any atom is 0.370 e. The second kappa shape index (κ2) is 5.44. The van der Waals surface area contributed by atoms with Gasteiger partial charge in [0.25, 0.3) is 0 Å². The summed E-state index contributed by atoms with van der Waals surface area (Å²) in [5, 5.41) is 0. The zero-order valence-corrected chi connectivity index (χ0v) is 10.6. The first-order valence-corrected chi connectivity index (χ1v) is 7.18. The number of hydrogen-bond donors (Lipinski definition) is 2. The molecule has 0 unspecified atom stereocenters. The molecule has 0 saturated carbocycles. The third-order valence-corrected chi connectivity index (χ3v) is 3.51. The van der Waals surface area contributed by atoms with Crippen molar-refractivity contribution < 1.29 is 14.4 Å². The number of allylic oxidation sites excluding steroid dienone is 2. The quantitative estimate of drug-likeness (QED) is 0.646. The number of hydrogen-bond acceptors (Lipinski definition) is 2. The summed E-state index contributed by atoms with van der Waals surface area (Å²) in [5.74, 6) is 0. The van der Waals surface area contributed by atoms with E-state index < -0.39 is 7.60 Å². The predicted molar refractivity (Wildman–Crippen MR) is 71.7 cm³/mol. The van der Waals surface area contributed by atoms with Crippen molar-refractivity contribution >= 4 is 13.0 Å². The fraction of sp³-hybridized carbons (Fsp3) is 0.154. The van der Waals surface area contributed by atoms with Gasteiger partial charge in [-0.05, 0) is 5.56 Å². The molecule has 0 atom stereocenters.